The third-order valence-corrected chi connectivity index (χ3v) is 2.31. The number of rotatable bonds is 4. The highest BCUT2D eigenvalue weighted by Crippen LogP contribution is 2.24. The van der Waals surface area contributed by atoms with Gasteiger partial charge in [-0.05, 0) is 6.42 Å². The lowest BCUT2D eigenvalue weighted by molar-refractivity contribution is 0.419. The van der Waals surface area contributed by atoms with Crippen molar-refractivity contribution in [3.05, 3.63) is 12.0 Å². The van der Waals surface area contributed by atoms with Gasteiger partial charge in [0.1, 0.15) is 0 Å². The minimum Gasteiger partial charge on any atom is -0.332 e. The van der Waals surface area contributed by atoms with Crippen molar-refractivity contribution < 1.29 is 4.52 Å². The third-order valence-electron chi connectivity index (χ3n) is 1.90. The van der Waals surface area contributed by atoms with Crippen LogP contribution in [0.2, 0.25) is 0 Å². The summed E-state index contributed by atoms with van der Waals surface area (Å²) in [5.74, 6) is 0.831. The molecule has 0 amide bonds. The average molecular weight is 228 g/mol. The van der Waals surface area contributed by atoms with Crippen molar-refractivity contribution in [2.45, 2.75) is 25.1 Å². The number of halogens is 1. The summed E-state index contributed by atoms with van der Waals surface area (Å²) >= 11 is 6.05. The zero-order valence-electron chi connectivity index (χ0n) is 8.14. The Morgan fingerprint density at radius 3 is 3.13 bits per heavy atom. The molecule has 0 aliphatic heterocycles. The maximum atomic E-state index is 6.05. The molecule has 2 aromatic heterocycles. The monoisotopic (exact) mass is 227 g/mol. The van der Waals surface area contributed by atoms with Gasteiger partial charge in [-0.15, -0.1) is 11.6 Å². The van der Waals surface area contributed by atoms with Crippen molar-refractivity contribution in [1.29, 1.82) is 0 Å². The van der Waals surface area contributed by atoms with Gasteiger partial charge in [0.25, 0.3) is 5.89 Å². The normalized spacial score (nSPS) is 12.9. The van der Waals surface area contributed by atoms with E-state index in [1.165, 1.54) is 6.20 Å². The lowest BCUT2D eigenvalue weighted by Gasteiger charge is -1.99. The first-order valence-electron chi connectivity index (χ1n) is 4.65. The fraction of sp³-hybridized carbons (Fsp3) is 0.500. The van der Waals surface area contributed by atoms with E-state index in [9.17, 15) is 0 Å². The highest BCUT2D eigenvalue weighted by Gasteiger charge is 2.16. The first kappa shape index (κ1) is 10.1. The number of aromatic amines is 1. The summed E-state index contributed by atoms with van der Waals surface area (Å²) in [6.07, 6.45) is 3.31. The van der Waals surface area contributed by atoms with Gasteiger partial charge < -0.3 is 4.52 Å². The van der Waals surface area contributed by atoms with Crippen LogP contribution in [0.5, 0.6) is 0 Å². The van der Waals surface area contributed by atoms with E-state index < -0.39 is 0 Å². The largest absolute Gasteiger partial charge is 0.332 e. The molecule has 0 fully saturated rings. The maximum Gasteiger partial charge on any atom is 0.280 e. The van der Waals surface area contributed by atoms with Crippen molar-refractivity contribution in [2.75, 3.05) is 0 Å². The molecule has 1 atom stereocenters. The lowest BCUT2D eigenvalue weighted by Crippen LogP contribution is -1.92. The van der Waals surface area contributed by atoms with Crippen LogP contribution in [-0.4, -0.2) is 25.6 Å². The number of nitrogens with zero attached hydrogens (tertiary/aromatic N) is 4. The van der Waals surface area contributed by atoms with Crippen LogP contribution >= 0.6 is 11.6 Å². The zero-order valence-corrected chi connectivity index (χ0v) is 8.90. The van der Waals surface area contributed by atoms with E-state index >= 15 is 0 Å². The summed E-state index contributed by atoms with van der Waals surface area (Å²) in [4.78, 5) is 4.14. The van der Waals surface area contributed by atoms with Crippen molar-refractivity contribution in [3.63, 3.8) is 0 Å². The van der Waals surface area contributed by atoms with Crippen LogP contribution in [0.1, 0.15) is 31.0 Å². The fourth-order valence-corrected chi connectivity index (χ4v) is 1.46. The van der Waals surface area contributed by atoms with Gasteiger partial charge in [-0.25, -0.2) is 0 Å². The van der Waals surface area contributed by atoms with Gasteiger partial charge in [-0.3, -0.25) is 0 Å². The topological polar surface area (TPSA) is 80.5 Å². The SMILES string of the molecule is CCCC(Cl)c1noc(-c2cn[nH]n2)n1. The van der Waals surface area contributed by atoms with Gasteiger partial charge in [0.05, 0.1) is 11.6 Å². The van der Waals surface area contributed by atoms with Crippen LogP contribution in [0.4, 0.5) is 0 Å². The standard InChI is InChI=1S/C8H10ClN5O/c1-2-3-5(9)7-11-8(15-13-7)6-4-10-14-12-6/h4-5H,2-3H2,1H3,(H,10,12,14). The number of hydrogen-bond donors (Lipinski definition) is 1. The molecule has 0 aliphatic rings. The van der Waals surface area contributed by atoms with Gasteiger partial charge in [0.2, 0.25) is 0 Å². The van der Waals surface area contributed by atoms with Crippen LogP contribution in [-0.2, 0) is 0 Å². The Hall–Kier alpha value is -1.43. The summed E-state index contributed by atoms with van der Waals surface area (Å²) in [6.45, 7) is 2.05. The molecule has 0 saturated carbocycles. The fourth-order valence-electron chi connectivity index (χ4n) is 1.15. The van der Waals surface area contributed by atoms with E-state index in [-0.39, 0.29) is 5.38 Å². The number of hydrogen-bond acceptors (Lipinski definition) is 5. The molecule has 0 radical (unpaired) electrons. The Labute approximate surface area is 91.0 Å². The van der Waals surface area contributed by atoms with Crippen molar-refractivity contribution in [3.8, 4) is 11.6 Å². The van der Waals surface area contributed by atoms with Gasteiger partial charge in [-0.2, -0.15) is 20.4 Å². The Kier molecular flexibility index (Phi) is 2.96. The summed E-state index contributed by atoms with van der Waals surface area (Å²) in [6, 6.07) is 0. The molecule has 1 unspecified atom stereocenters. The number of nitrogens with one attached hydrogen (secondary N) is 1. The first-order chi connectivity index (χ1) is 7.31. The molecule has 2 aromatic rings. The van der Waals surface area contributed by atoms with Crippen LogP contribution in [0.15, 0.2) is 10.7 Å². The molecule has 0 aliphatic carbocycles. The second kappa shape index (κ2) is 4.39. The number of alkyl halides is 1. The quantitative estimate of drug-likeness (QED) is 0.808. The summed E-state index contributed by atoms with van der Waals surface area (Å²) < 4.78 is 5.01. The third kappa shape index (κ3) is 2.15. The van der Waals surface area contributed by atoms with Crippen molar-refractivity contribution >= 4 is 11.6 Å². The highest BCUT2D eigenvalue weighted by molar-refractivity contribution is 6.20. The second-order valence-corrected chi connectivity index (χ2v) is 3.60. The molecule has 0 spiro atoms. The van der Waals surface area contributed by atoms with E-state index in [1.807, 2.05) is 6.92 Å². The van der Waals surface area contributed by atoms with E-state index in [4.69, 9.17) is 16.1 Å². The van der Waals surface area contributed by atoms with Crippen LogP contribution in [0.25, 0.3) is 11.6 Å². The smallest absolute Gasteiger partial charge is 0.280 e. The highest BCUT2D eigenvalue weighted by atomic mass is 35.5. The zero-order chi connectivity index (χ0) is 10.7. The predicted octanol–water partition coefficient (Wildman–Crippen LogP) is 1.93. The Balaban J connectivity index is 2.17. The summed E-state index contributed by atoms with van der Waals surface area (Å²) in [5, 5.41) is 13.5. The molecule has 1 N–H and O–H groups in total. The van der Waals surface area contributed by atoms with E-state index in [0.29, 0.717) is 17.4 Å². The molecule has 0 bridgehead atoms. The summed E-state index contributed by atoms with van der Waals surface area (Å²) in [5.41, 5.74) is 0.522. The molecule has 6 nitrogen and oxygen atoms in total. The Bertz CT molecular complexity index is 412. The molecular formula is C8H10ClN5O. The predicted molar refractivity (Wildman–Crippen MR) is 53.2 cm³/mol. The van der Waals surface area contributed by atoms with Gasteiger partial charge in [-0.1, -0.05) is 18.5 Å². The molecule has 2 heterocycles. The van der Waals surface area contributed by atoms with Crippen LogP contribution < -0.4 is 0 Å². The van der Waals surface area contributed by atoms with E-state index in [1.54, 1.807) is 0 Å². The van der Waals surface area contributed by atoms with Crippen LogP contribution in [0, 0.1) is 0 Å². The Morgan fingerprint density at radius 2 is 2.47 bits per heavy atom. The number of aromatic nitrogens is 5. The molecule has 80 valence electrons. The molecule has 0 saturated heterocycles. The van der Waals surface area contributed by atoms with Crippen molar-refractivity contribution in [2.24, 2.45) is 0 Å². The average Bonchev–Trinajstić information content (AvgIpc) is 2.89. The molecule has 0 aromatic carbocycles. The number of H-pyrrole nitrogens is 1. The minimum absolute atomic E-state index is 0.209. The van der Waals surface area contributed by atoms with Gasteiger partial charge >= 0.3 is 0 Å². The molecule has 2 rings (SSSR count). The van der Waals surface area contributed by atoms with Crippen LogP contribution in [0.3, 0.4) is 0 Å². The van der Waals surface area contributed by atoms with Crippen molar-refractivity contribution in [1.82, 2.24) is 25.6 Å². The second-order valence-electron chi connectivity index (χ2n) is 3.07. The summed E-state index contributed by atoms with van der Waals surface area (Å²) in [7, 11) is 0. The molecule has 15 heavy (non-hydrogen) atoms. The first-order valence-corrected chi connectivity index (χ1v) is 5.08. The van der Waals surface area contributed by atoms with Gasteiger partial charge in [0, 0.05) is 0 Å². The lowest BCUT2D eigenvalue weighted by atomic mass is 10.2. The molecular weight excluding hydrogens is 218 g/mol. The maximum absolute atomic E-state index is 6.05. The van der Waals surface area contributed by atoms with E-state index in [0.717, 1.165) is 12.8 Å². The minimum atomic E-state index is -0.209. The molecule has 7 heteroatoms. The van der Waals surface area contributed by atoms with Gasteiger partial charge in [0.15, 0.2) is 11.5 Å². The van der Waals surface area contributed by atoms with E-state index in [2.05, 4.69) is 25.6 Å². The Morgan fingerprint density at radius 1 is 1.60 bits per heavy atom.